The molecule has 0 atom stereocenters. The standard InChI is InChI=1S/C21H18NOS2.BF4/c1-22(2)17-9-7-15(8-10-17)16-13-18(20-5-3-11-24-20)23-19(14-16)21-6-4-12-25-21;2-1(3,4)5/h3-14H,1-2H3;/q+1;-1. The van der Waals surface area contributed by atoms with Crippen LogP contribution < -0.4 is 4.90 Å². The maximum Gasteiger partial charge on any atom is 0.673 e. The number of hydrogen-bond donors (Lipinski definition) is 0. The van der Waals surface area contributed by atoms with Crippen LogP contribution in [-0.4, -0.2) is 21.3 Å². The first kappa shape index (κ1) is 22.0. The van der Waals surface area contributed by atoms with Crippen LogP contribution in [0.15, 0.2) is 75.8 Å². The van der Waals surface area contributed by atoms with Gasteiger partial charge in [-0.1, -0.05) is 24.3 Å². The summed E-state index contributed by atoms with van der Waals surface area (Å²) in [4.78, 5) is 4.40. The van der Waals surface area contributed by atoms with Gasteiger partial charge in [-0.2, -0.15) is 0 Å². The lowest BCUT2D eigenvalue weighted by Crippen LogP contribution is -2.07. The highest BCUT2D eigenvalue weighted by atomic mass is 32.1. The predicted molar refractivity (Wildman–Crippen MR) is 120 cm³/mol. The van der Waals surface area contributed by atoms with Gasteiger partial charge in [0.15, 0.2) is 0 Å². The van der Waals surface area contributed by atoms with Gasteiger partial charge in [0.05, 0.1) is 12.1 Å². The lowest BCUT2D eigenvalue weighted by Gasteiger charge is -2.12. The number of benzene rings is 1. The number of hydrogen-bond acceptors (Lipinski definition) is 3. The molecule has 0 spiro atoms. The van der Waals surface area contributed by atoms with Gasteiger partial charge in [-0.3, -0.25) is 0 Å². The second-order valence-electron chi connectivity index (χ2n) is 6.47. The number of halogens is 4. The SMILES string of the molecule is CN(C)c1ccc(-c2cc(-c3cccs3)[o+]c(-c3cccs3)c2)cc1.F[B-](F)(F)F. The molecule has 0 aliphatic carbocycles. The van der Waals surface area contributed by atoms with Crippen LogP contribution in [0.3, 0.4) is 0 Å². The van der Waals surface area contributed by atoms with Crippen molar-refractivity contribution >= 4 is 35.6 Å². The molecule has 0 aliphatic heterocycles. The van der Waals surface area contributed by atoms with Gasteiger partial charge in [0.2, 0.25) is 0 Å². The van der Waals surface area contributed by atoms with E-state index in [4.69, 9.17) is 4.42 Å². The Kier molecular flexibility index (Phi) is 6.94. The number of rotatable bonds is 4. The molecule has 0 unspecified atom stereocenters. The van der Waals surface area contributed by atoms with Crippen molar-refractivity contribution in [2.24, 2.45) is 0 Å². The van der Waals surface area contributed by atoms with Gasteiger partial charge in [0, 0.05) is 25.3 Å². The third-order valence-corrected chi connectivity index (χ3v) is 5.81. The highest BCUT2D eigenvalue weighted by Gasteiger charge is 2.22. The first-order valence-corrected chi connectivity index (χ1v) is 10.7. The molecule has 156 valence electrons. The number of nitrogens with zero attached hydrogens (tertiary/aromatic N) is 1. The molecule has 3 aromatic heterocycles. The molecule has 0 N–H and O–H groups in total. The van der Waals surface area contributed by atoms with Crippen molar-refractivity contribution in [3.63, 3.8) is 0 Å². The van der Waals surface area contributed by atoms with Crippen molar-refractivity contribution < 1.29 is 21.7 Å². The van der Waals surface area contributed by atoms with Crippen LogP contribution in [0.4, 0.5) is 23.0 Å². The van der Waals surface area contributed by atoms with Gasteiger partial charge in [-0.15, -0.1) is 22.7 Å². The van der Waals surface area contributed by atoms with E-state index in [0.29, 0.717) is 0 Å². The summed E-state index contributed by atoms with van der Waals surface area (Å²) in [6.45, 7) is 0. The van der Waals surface area contributed by atoms with E-state index in [2.05, 4.69) is 90.4 Å². The molecule has 4 aromatic rings. The van der Waals surface area contributed by atoms with E-state index in [-0.39, 0.29) is 0 Å². The molecule has 0 bridgehead atoms. The zero-order chi connectivity index (χ0) is 21.7. The Morgan fingerprint density at radius 2 is 1.20 bits per heavy atom. The summed E-state index contributed by atoms with van der Waals surface area (Å²) in [5.41, 5.74) is 3.56. The van der Waals surface area contributed by atoms with Gasteiger partial charge in [-0.05, 0) is 40.6 Å². The highest BCUT2D eigenvalue weighted by Crippen LogP contribution is 2.36. The van der Waals surface area contributed by atoms with Crippen molar-refractivity contribution in [1.82, 2.24) is 0 Å². The Hall–Kier alpha value is -2.65. The van der Waals surface area contributed by atoms with Crippen LogP contribution in [0, 0.1) is 0 Å². The van der Waals surface area contributed by atoms with E-state index >= 15 is 0 Å². The van der Waals surface area contributed by atoms with Crippen molar-refractivity contribution in [1.29, 1.82) is 0 Å². The van der Waals surface area contributed by atoms with Crippen LogP contribution in [0.5, 0.6) is 0 Å². The van der Waals surface area contributed by atoms with E-state index in [1.54, 1.807) is 22.7 Å². The average Bonchev–Trinajstić information content (AvgIpc) is 3.40. The Balaban J connectivity index is 0.000000461. The minimum atomic E-state index is -6.00. The molecule has 4 rings (SSSR count). The molecule has 1 aromatic carbocycles. The summed E-state index contributed by atoms with van der Waals surface area (Å²) in [5.74, 6) is 1.82. The minimum Gasteiger partial charge on any atom is -0.418 e. The second kappa shape index (κ2) is 9.44. The topological polar surface area (TPSA) is 14.5 Å². The van der Waals surface area contributed by atoms with Gasteiger partial charge >= 0.3 is 18.8 Å². The normalized spacial score (nSPS) is 11.0. The summed E-state index contributed by atoms with van der Waals surface area (Å²) < 4.78 is 45.2. The predicted octanol–water partition coefficient (Wildman–Crippen LogP) is 8.05. The molecule has 3 heterocycles. The largest absolute Gasteiger partial charge is 0.673 e. The number of thiophene rings is 2. The number of anilines is 1. The van der Waals surface area contributed by atoms with Crippen LogP contribution in [0.1, 0.15) is 0 Å². The molecule has 30 heavy (non-hydrogen) atoms. The van der Waals surface area contributed by atoms with Crippen LogP contribution >= 0.6 is 22.7 Å². The molecular weight excluding hydrogens is 433 g/mol. The van der Waals surface area contributed by atoms with Crippen molar-refractivity contribution in [3.8, 4) is 32.4 Å². The van der Waals surface area contributed by atoms with E-state index in [1.807, 2.05) is 0 Å². The molecule has 9 heteroatoms. The molecule has 0 aliphatic rings. The third kappa shape index (κ3) is 6.17. The third-order valence-electron chi connectivity index (χ3n) is 4.04. The molecular formula is C21H18BF4NOS2. The molecule has 0 radical (unpaired) electrons. The summed E-state index contributed by atoms with van der Waals surface area (Å²) in [7, 11) is -1.89. The Morgan fingerprint density at radius 3 is 1.57 bits per heavy atom. The fourth-order valence-corrected chi connectivity index (χ4v) is 4.06. The summed E-state index contributed by atoms with van der Waals surface area (Å²) >= 11 is 3.39. The van der Waals surface area contributed by atoms with Gasteiger partial charge in [-0.25, -0.2) is 4.42 Å². The summed E-state index contributed by atoms with van der Waals surface area (Å²) in [6, 6.07) is 21.2. The van der Waals surface area contributed by atoms with E-state index in [1.165, 1.54) is 16.8 Å². The maximum atomic E-state index is 9.75. The van der Waals surface area contributed by atoms with Crippen molar-refractivity contribution in [3.05, 3.63) is 71.4 Å². The zero-order valence-corrected chi connectivity index (χ0v) is 17.8. The Labute approximate surface area is 180 Å². The maximum absolute atomic E-state index is 9.75. The Morgan fingerprint density at radius 1 is 0.733 bits per heavy atom. The molecule has 0 amide bonds. The Bertz CT molecular complexity index is 1010. The van der Waals surface area contributed by atoms with Gasteiger partial charge in [0.25, 0.3) is 0 Å². The van der Waals surface area contributed by atoms with Crippen LogP contribution in [0.25, 0.3) is 32.4 Å². The monoisotopic (exact) mass is 451 g/mol. The first-order chi connectivity index (χ1) is 14.2. The fourth-order valence-electron chi connectivity index (χ4n) is 2.70. The first-order valence-electron chi connectivity index (χ1n) is 8.92. The fraction of sp³-hybridized carbons (Fsp3) is 0.0952. The zero-order valence-electron chi connectivity index (χ0n) is 16.2. The lowest BCUT2D eigenvalue weighted by atomic mass is 10.0. The van der Waals surface area contributed by atoms with Crippen molar-refractivity contribution in [2.75, 3.05) is 19.0 Å². The summed E-state index contributed by atoms with van der Waals surface area (Å²) in [6.07, 6.45) is 0. The van der Waals surface area contributed by atoms with Gasteiger partial charge < -0.3 is 22.2 Å². The second-order valence-corrected chi connectivity index (χ2v) is 8.36. The van der Waals surface area contributed by atoms with Crippen LogP contribution in [-0.2, 0) is 0 Å². The van der Waals surface area contributed by atoms with Gasteiger partial charge in [0.1, 0.15) is 9.75 Å². The molecule has 2 nitrogen and oxygen atoms in total. The van der Waals surface area contributed by atoms with Crippen LogP contribution in [0.2, 0.25) is 0 Å². The molecule has 0 fully saturated rings. The van der Waals surface area contributed by atoms with Crippen molar-refractivity contribution in [2.45, 2.75) is 0 Å². The average molecular weight is 451 g/mol. The highest BCUT2D eigenvalue weighted by molar-refractivity contribution is 7.13. The smallest absolute Gasteiger partial charge is 0.418 e. The minimum absolute atomic E-state index is 0.910. The van der Waals surface area contributed by atoms with E-state index in [0.717, 1.165) is 21.3 Å². The summed E-state index contributed by atoms with van der Waals surface area (Å²) in [5, 5.41) is 4.16. The molecule has 0 saturated heterocycles. The lowest BCUT2D eigenvalue weighted by molar-refractivity contribution is 0.368. The molecule has 0 saturated carbocycles. The van der Waals surface area contributed by atoms with E-state index < -0.39 is 7.25 Å². The quantitative estimate of drug-likeness (QED) is 0.177. The van der Waals surface area contributed by atoms with E-state index in [9.17, 15) is 17.3 Å².